The third-order valence-electron chi connectivity index (χ3n) is 5.31. The summed E-state index contributed by atoms with van der Waals surface area (Å²) in [7, 11) is 0. The molecule has 7 nitrogen and oxygen atoms in total. The molecule has 1 fully saturated rings. The van der Waals surface area contributed by atoms with Gasteiger partial charge in [0.1, 0.15) is 11.3 Å². The highest BCUT2D eigenvalue weighted by molar-refractivity contribution is 5.93. The molecule has 0 N–H and O–H groups in total. The number of likely N-dealkylation sites (tertiary alicyclic amines) is 1. The molecule has 7 heteroatoms. The first kappa shape index (κ1) is 18.0. The summed E-state index contributed by atoms with van der Waals surface area (Å²) in [4.78, 5) is 25.4. The Labute approximate surface area is 163 Å². The van der Waals surface area contributed by atoms with Gasteiger partial charge in [0.15, 0.2) is 6.19 Å². The number of pyridine rings is 2. The number of amides is 1. The molecular weight excluding hydrogens is 352 g/mol. The summed E-state index contributed by atoms with van der Waals surface area (Å²) in [5.41, 5.74) is 4.35. The second kappa shape index (κ2) is 7.31. The van der Waals surface area contributed by atoms with Crippen LogP contribution in [0.5, 0.6) is 0 Å². The highest BCUT2D eigenvalue weighted by Gasteiger charge is 2.31. The number of hydrogen-bond donors (Lipinski definition) is 0. The number of aromatic nitrogens is 3. The van der Waals surface area contributed by atoms with Crippen LogP contribution >= 0.6 is 0 Å². The van der Waals surface area contributed by atoms with E-state index in [2.05, 4.69) is 16.2 Å². The van der Waals surface area contributed by atoms with Gasteiger partial charge < -0.3 is 9.80 Å². The van der Waals surface area contributed by atoms with Crippen LogP contribution in [-0.4, -0.2) is 55.8 Å². The monoisotopic (exact) mass is 374 g/mol. The maximum atomic E-state index is 13.2. The van der Waals surface area contributed by atoms with Crippen molar-refractivity contribution in [3.8, 4) is 17.3 Å². The molecule has 1 saturated heterocycles. The van der Waals surface area contributed by atoms with Gasteiger partial charge in [-0.1, -0.05) is 0 Å². The molecule has 0 saturated carbocycles. The van der Waals surface area contributed by atoms with Gasteiger partial charge in [0.25, 0.3) is 5.91 Å². The molecule has 28 heavy (non-hydrogen) atoms. The fourth-order valence-corrected chi connectivity index (χ4v) is 3.85. The fourth-order valence-electron chi connectivity index (χ4n) is 3.85. The van der Waals surface area contributed by atoms with Crippen LogP contribution < -0.4 is 0 Å². The van der Waals surface area contributed by atoms with Crippen molar-refractivity contribution in [3.63, 3.8) is 0 Å². The van der Waals surface area contributed by atoms with Crippen LogP contribution in [0.3, 0.4) is 0 Å². The molecule has 0 radical (unpaired) electrons. The summed E-state index contributed by atoms with van der Waals surface area (Å²) < 4.78 is 1.83. The molecule has 1 aliphatic rings. The van der Waals surface area contributed by atoms with Crippen molar-refractivity contribution in [1.82, 2.24) is 24.2 Å². The van der Waals surface area contributed by atoms with Crippen molar-refractivity contribution in [2.24, 2.45) is 0 Å². The maximum Gasteiger partial charge on any atom is 0.272 e. The maximum absolute atomic E-state index is 13.2. The minimum Gasteiger partial charge on any atom is -0.333 e. The number of hydrogen-bond acceptors (Lipinski definition) is 5. The molecule has 1 atom stereocenters. The van der Waals surface area contributed by atoms with E-state index in [9.17, 15) is 4.79 Å². The van der Waals surface area contributed by atoms with Crippen LogP contribution in [0.25, 0.3) is 16.8 Å². The molecule has 0 aliphatic carbocycles. The number of likely N-dealkylation sites (N-methyl/N-ethyl adjacent to an activating group) is 1. The zero-order chi connectivity index (χ0) is 19.7. The van der Waals surface area contributed by atoms with Gasteiger partial charge in [-0.3, -0.25) is 14.2 Å². The van der Waals surface area contributed by atoms with Crippen molar-refractivity contribution in [3.05, 3.63) is 54.2 Å². The van der Waals surface area contributed by atoms with Gasteiger partial charge in [0.2, 0.25) is 0 Å². The molecule has 4 heterocycles. The lowest BCUT2D eigenvalue weighted by atomic mass is 10.1. The number of imidazole rings is 1. The van der Waals surface area contributed by atoms with Crippen molar-refractivity contribution >= 4 is 11.6 Å². The second-order valence-electron chi connectivity index (χ2n) is 7.05. The van der Waals surface area contributed by atoms with E-state index < -0.39 is 0 Å². The zero-order valence-electron chi connectivity index (χ0n) is 16.0. The van der Waals surface area contributed by atoms with E-state index in [0.29, 0.717) is 25.3 Å². The Bertz CT molecular complexity index is 1070. The van der Waals surface area contributed by atoms with E-state index >= 15 is 0 Å². The smallest absolute Gasteiger partial charge is 0.272 e. The number of fused-ring (bicyclic) bond motifs is 1. The number of carbonyl (C=O) groups is 1. The van der Waals surface area contributed by atoms with Crippen LogP contribution in [0.2, 0.25) is 0 Å². The third-order valence-corrected chi connectivity index (χ3v) is 5.31. The molecule has 0 spiro atoms. The highest BCUT2D eigenvalue weighted by Crippen LogP contribution is 2.23. The van der Waals surface area contributed by atoms with E-state index in [1.807, 2.05) is 53.6 Å². The largest absolute Gasteiger partial charge is 0.333 e. The van der Waals surface area contributed by atoms with E-state index in [1.54, 1.807) is 17.3 Å². The molecule has 3 aromatic rings. The van der Waals surface area contributed by atoms with Crippen LogP contribution in [0.15, 0.2) is 42.9 Å². The summed E-state index contributed by atoms with van der Waals surface area (Å²) in [5, 5.41) is 9.09. The average Bonchev–Trinajstić information content (AvgIpc) is 3.35. The van der Waals surface area contributed by atoms with Gasteiger partial charge in [-0.25, -0.2) is 4.98 Å². The SMILES string of the molecule is CCN(C(=O)c1cnc2cc(-c3ccnc(C)c3)ccn12)[C@@H]1CCN(C#N)C1. The Kier molecular flexibility index (Phi) is 4.70. The normalized spacial score (nSPS) is 16.3. The number of nitriles is 1. The molecule has 0 bridgehead atoms. The van der Waals surface area contributed by atoms with Crippen LogP contribution in [-0.2, 0) is 0 Å². The lowest BCUT2D eigenvalue weighted by molar-refractivity contribution is 0.0691. The van der Waals surface area contributed by atoms with Gasteiger partial charge in [-0.05, 0) is 55.7 Å². The second-order valence-corrected chi connectivity index (χ2v) is 7.05. The minimum atomic E-state index is -0.0488. The van der Waals surface area contributed by atoms with Crippen LogP contribution in [0.1, 0.15) is 29.5 Å². The molecule has 1 amide bonds. The molecular formula is C21H22N6O. The summed E-state index contributed by atoms with van der Waals surface area (Å²) in [6, 6.07) is 8.02. The lowest BCUT2D eigenvalue weighted by Crippen LogP contribution is -2.42. The van der Waals surface area contributed by atoms with Crippen molar-refractivity contribution < 1.29 is 4.79 Å². The fraction of sp³-hybridized carbons (Fsp3) is 0.333. The van der Waals surface area contributed by atoms with Gasteiger partial charge in [-0.15, -0.1) is 0 Å². The van der Waals surface area contributed by atoms with E-state index in [-0.39, 0.29) is 11.9 Å². The number of carbonyl (C=O) groups excluding carboxylic acids is 1. The zero-order valence-corrected chi connectivity index (χ0v) is 16.0. The number of nitrogens with zero attached hydrogens (tertiary/aromatic N) is 6. The summed E-state index contributed by atoms with van der Waals surface area (Å²) in [6.07, 6.45) is 8.31. The van der Waals surface area contributed by atoms with Crippen molar-refractivity contribution in [2.45, 2.75) is 26.3 Å². The molecule has 142 valence electrons. The first-order valence-electron chi connectivity index (χ1n) is 9.46. The molecule has 0 unspecified atom stereocenters. The van der Waals surface area contributed by atoms with E-state index in [1.165, 1.54) is 0 Å². The Morgan fingerprint density at radius 2 is 2.14 bits per heavy atom. The predicted molar refractivity (Wildman–Crippen MR) is 105 cm³/mol. The quantitative estimate of drug-likeness (QED) is 0.656. The number of aryl methyl sites for hydroxylation is 1. The van der Waals surface area contributed by atoms with Crippen LogP contribution in [0.4, 0.5) is 0 Å². The van der Waals surface area contributed by atoms with Crippen LogP contribution in [0, 0.1) is 18.4 Å². The third kappa shape index (κ3) is 3.18. The van der Waals surface area contributed by atoms with Crippen molar-refractivity contribution in [2.75, 3.05) is 19.6 Å². The number of rotatable bonds is 4. The van der Waals surface area contributed by atoms with Gasteiger partial charge in [-0.2, -0.15) is 5.26 Å². The first-order chi connectivity index (χ1) is 13.6. The van der Waals surface area contributed by atoms with Crippen molar-refractivity contribution in [1.29, 1.82) is 5.26 Å². The molecule has 0 aromatic carbocycles. The molecule has 3 aromatic heterocycles. The van der Waals surface area contributed by atoms with E-state index in [0.717, 1.165) is 28.9 Å². The average molecular weight is 374 g/mol. The highest BCUT2D eigenvalue weighted by atomic mass is 16.2. The summed E-state index contributed by atoms with van der Waals surface area (Å²) in [5.74, 6) is -0.0488. The molecule has 1 aliphatic heterocycles. The van der Waals surface area contributed by atoms with Gasteiger partial charge in [0.05, 0.1) is 12.2 Å². The predicted octanol–water partition coefficient (Wildman–Crippen LogP) is 2.72. The minimum absolute atomic E-state index is 0.0488. The topological polar surface area (TPSA) is 77.5 Å². The Morgan fingerprint density at radius 3 is 2.86 bits per heavy atom. The Balaban J connectivity index is 1.64. The van der Waals surface area contributed by atoms with E-state index in [4.69, 9.17) is 5.26 Å². The standard InChI is InChI=1S/C21H22N6O/c1-3-26(18-6-8-25(13-18)14-22)21(28)19-12-24-20-11-17(5-9-27(19)20)16-4-7-23-15(2)10-16/h4-5,7,9-12,18H,3,6,8,13H2,1-2H3/t18-/m1/s1. The lowest BCUT2D eigenvalue weighted by Gasteiger charge is -2.27. The van der Waals surface area contributed by atoms with Gasteiger partial charge >= 0.3 is 0 Å². The first-order valence-corrected chi connectivity index (χ1v) is 9.46. The Hall–Kier alpha value is -3.40. The Morgan fingerprint density at radius 1 is 1.32 bits per heavy atom. The van der Waals surface area contributed by atoms with Gasteiger partial charge in [0, 0.05) is 37.7 Å². The summed E-state index contributed by atoms with van der Waals surface area (Å²) >= 11 is 0. The summed E-state index contributed by atoms with van der Waals surface area (Å²) in [6.45, 7) is 5.83. The molecule has 4 rings (SSSR count).